The molecule has 236 valence electrons. The number of Topliss-reactive ketones (excluding diaryl/α,β-unsaturated/α-hetero) is 1. The van der Waals surface area contributed by atoms with Crippen molar-refractivity contribution in [3.8, 4) is 0 Å². The van der Waals surface area contributed by atoms with Crippen molar-refractivity contribution in [2.24, 2.45) is 17.8 Å². The van der Waals surface area contributed by atoms with Gasteiger partial charge >= 0.3 is 12.1 Å². The highest BCUT2D eigenvalue weighted by atomic mass is 19.4. The van der Waals surface area contributed by atoms with Crippen LogP contribution in [0.2, 0.25) is 0 Å². The predicted molar refractivity (Wildman–Crippen MR) is 149 cm³/mol. The Kier molecular flexibility index (Phi) is 11.1. The number of carbonyl (C=O) groups is 4. The van der Waals surface area contributed by atoms with Gasteiger partial charge in [-0.2, -0.15) is 18.2 Å². The van der Waals surface area contributed by atoms with E-state index in [1.165, 1.54) is 17.0 Å². The number of hydrogen-bond acceptors (Lipinski definition) is 8. The summed E-state index contributed by atoms with van der Waals surface area (Å²) in [5, 5.41) is 6.45. The van der Waals surface area contributed by atoms with Crippen molar-refractivity contribution in [1.82, 2.24) is 20.4 Å². The van der Waals surface area contributed by atoms with E-state index in [9.17, 15) is 32.3 Å². The summed E-state index contributed by atoms with van der Waals surface area (Å²) in [6.07, 6.45) is -4.08. The zero-order valence-corrected chi connectivity index (χ0v) is 25.2. The molecular weight excluding hydrogens is 569 g/mol. The summed E-state index contributed by atoms with van der Waals surface area (Å²) in [7, 11) is 0. The number of carbonyl (C=O) groups excluding carboxylic acids is 4. The van der Waals surface area contributed by atoms with Crippen LogP contribution in [-0.4, -0.2) is 63.3 Å². The van der Waals surface area contributed by atoms with E-state index in [4.69, 9.17) is 9.26 Å². The van der Waals surface area contributed by atoms with Crippen LogP contribution < -0.4 is 5.32 Å². The molecule has 1 aliphatic rings. The largest absolute Gasteiger partial charge is 0.463 e. The van der Waals surface area contributed by atoms with Gasteiger partial charge in [0.1, 0.15) is 6.04 Å². The summed E-state index contributed by atoms with van der Waals surface area (Å²) >= 11 is 0. The van der Waals surface area contributed by atoms with Crippen molar-refractivity contribution < 1.29 is 41.6 Å². The molecule has 13 heteroatoms. The van der Waals surface area contributed by atoms with Crippen LogP contribution in [-0.2, 0) is 31.7 Å². The maximum atomic E-state index is 13.5. The smallest absolute Gasteiger partial charge is 0.416 e. The number of ether oxygens (including phenoxy) is 1. The molecule has 1 aliphatic heterocycles. The number of amides is 2. The molecule has 0 spiro atoms. The second-order valence-electron chi connectivity index (χ2n) is 11.8. The van der Waals surface area contributed by atoms with Crippen molar-refractivity contribution in [3.63, 3.8) is 0 Å². The van der Waals surface area contributed by atoms with Gasteiger partial charge in [-0.1, -0.05) is 51.1 Å². The third kappa shape index (κ3) is 8.87. The first-order valence-electron chi connectivity index (χ1n) is 14.4. The Bertz CT molecular complexity index is 1310. The third-order valence-corrected chi connectivity index (χ3v) is 7.26. The summed E-state index contributed by atoms with van der Waals surface area (Å²) < 4.78 is 49.5. The predicted octanol–water partition coefficient (Wildman–Crippen LogP) is 4.61. The molecule has 0 bridgehead atoms. The lowest BCUT2D eigenvalue weighted by atomic mass is 9.90. The molecule has 2 amide bonds. The summed E-state index contributed by atoms with van der Waals surface area (Å²) in [4.78, 5) is 58.1. The topological polar surface area (TPSA) is 132 Å². The van der Waals surface area contributed by atoms with Gasteiger partial charge < -0.3 is 19.5 Å². The maximum absolute atomic E-state index is 13.5. The average Bonchev–Trinajstić information content (AvgIpc) is 3.59. The molecule has 0 saturated carbocycles. The van der Waals surface area contributed by atoms with Gasteiger partial charge in [0.05, 0.1) is 36.5 Å². The third-order valence-electron chi connectivity index (χ3n) is 7.26. The van der Waals surface area contributed by atoms with E-state index in [-0.39, 0.29) is 54.0 Å². The summed E-state index contributed by atoms with van der Waals surface area (Å²) in [5.74, 6) is -3.56. The second-order valence-corrected chi connectivity index (χ2v) is 11.8. The molecule has 1 aromatic carbocycles. The Hall–Kier alpha value is -3.77. The first-order valence-corrected chi connectivity index (χ1v) is 14.4. The Morgan fingerprint density at radius 1 is 1.09 bits per heavy atom. The van der Waals surface area contributed by atoms with E-state index in [0.29, 0.717) is 19.4 Å². The summed E-state index contributed by atoms with van der Waals surface area (Å²) in [6, 6.07) is 2.78. The molecule has 2 aromatic rings. The molecule has 3 atom stereocenters. The Labute approximate surface area is 248 Å². The number of alkyl halides is 3. The number of halogens is 3. The van der Waals surface area contributed by atoms with E-state index in [2.05, 4.69) is 15.5 Å². The highest BCUT2D eigenvalue weighted by Crippen LogP contribution is 2.30. The molecule has 1 aromatic heterocycles. The van der Waals surface area contributed by atoms with E-state index in [1.54, 1.807) is 27.7 Å². The van der Waals surface area contributed by atoms with Crippen LogP contribution in [0.25, 0.3) is 0 Å². The number of rotatable bonds is 12. The first kappa shape index (κ1) is 33.7. The van der Waals surface area contributed by atoms with Crippen LogP contribution in [0.1, 0.15) is 88.4 Å². The molecule has 3 unspecified atom stereocenters. The lowest BCUT2D eigenvalue weighted by molar-refractivity contribution is -0.153. The highest BCUT2D eigenvalue weighted by molar-refractivity contribution is 6.00. The summed E-state index contributed by atoms with van der Waals surface area (Å²) in [6.45, 7) is 10.9. The first-order chi connectivity index (χ1) is 20.1. The number of hydrogen-bond donors (Lipinski definition) is 1. The van der Waals surface area contributed by atoms with Crippen LogP contribution in [0, 0.1) is 17.8 Å². The Morgan fingerprint density at radius 3 is 2.40 bits per heavy atom. The normalized spacial score (nSPS) is 16.9. The minimum atomic E-state index is -4.51. The number of ketones is 1. The number of nitrogens with zero attached hydrogens (tertiary/aromatic N) is 3. The Balaban J connectivity index is 1.71. The van der Waals surface area contributed by atoms with Gasteiger partial charge in [-0.25, -0.2) is 0 Å². The summed E-state index contributed by atoms with van der Waals surface area (Å²) in [5.41, 5.74) is -0.549. The number of aromatic nitrogens is 2. The SMILES string of the molecule is CC(C)OC(=O)CC(C(=O)N1CCCC1C(=O)NC(C(=O)c1noc(Cc2cccc(C(F)(F)F)c2)n1)C(C)C)C(C)C. The van der Waals surface area contributed by atoms with Crippen LogP contribution >= 0.6 is 0 Å². The van der Waals surface area contributed by atoms with Gasteiger partial charge in [0.2, 0.25) is 29.3 Å². The van der Waals surface area contributed by atoms with E-state index in [0.717, 1.165) is 12.1 Å². The molecule has 0 radical (unpaired) electrons. The van der Waals surface area contributed by atoms with Crippen molar-refractivity contribution in [2.45, 2.75) is 91.6 Å². The van der Waals surface area contributed by atoms with Crippen LogP contribution in [0.15, 0.2) is 28.8 Å². The monoisotopic (exact) mass is 608 g/mol. The van der Waals surface area contributed by atoms with Crippen molar-refractivity contribution in [1.29, 1.82) is 0 Å². The minimum absolute atomic E-state index is 0.0557. The minimum Gasteiger partial charge on any atom is -0.463 e. The van der Waals surface area contributed by atoms with Gasteiger partial charge in [-0.3, -0.25) is 19.2 Å². The Morgan fingerprint density at radius 2 is 1.79 bits per heavy atom. The quantitative estimate of drug-likeness (QED) is 0.273. The van der Waals surface area contributed by atoms with Gasteiger partial charge in [0, 0.05) is 6.54 Å². The zero-order chi connectivity index (χ0) is 32.1. The number of esters is 1. The van der Waals surface area contributed by atoms with Gasteiger partial charge in [0.25, 0.3) is 0 Å². The fourth-order valence-corrected chi connectivity index (χ4v) is 5.00. The lowest BCUT2D eigenvalue weighted by Gasteiger charge is -2.31. The van der Waals surface area contributed by atoms with E-state index >= 15 is 0 Å². The molecule has 2 heterocycles. The fraction of sp³-hybridized carbons (Fsp3) is 0.600. The van der Waals surface area contributed by atoms with Crippen molar-refractivity contribution in [3.05, 3.63) is 47.1 Å². The second kappa shape index (κ2) is 14.1. The van der Waals surface area contributed by atoms with E-state index in [1.807, 2.05) is 13.8 Å². The standard InChI is InChI=1S/C30H39F3N4O6/c1-16(2)21(15-24(38)42-18(5)6)29(41)37-12-8-11-22(37)28(40)35-25(17(3)4)26(39)27-34-23(43-36-27)14-19-9-7-10-20(13-19)30(31,32)33/h7,9-10,13,16-18,21-22,25H,8,11-12,14-15H2,1-6H3,(H,35,40). The van der Waals surface area contributed by atoms with E-state index < -0.39 is 47.4 Å². The average molecular weight is 609 g/mol. The number of benzene rings is 1. The molecular formula is C30H39F3N4O6. The maximum Gasteiger partial charge on any atom is 0.416 e. The molecule has 0 aliphatic carbocycles. The highest BCUT2D eigenvalue weighted by Gasteiger charge is 2.41. The van der Waals surface area contributed by atoms with Gasteiger partial charge in [-0.05, 0) is 50.2 Å². The molecule has 1 saturated heterocycles. The zero-order valence-electron chi connectivity index (χ0n) is 25.2. The fourth-order valence-electron chi connectivity index (χ4n) is 5.00. The molecule has 43 heavy (non-hydrogen) atoms. The van der Waals surface area contributed by atoms with Crippen LogP contribution in [0.4, 0.5) is 13.2 Å². The van der Waals surface area contributed by atoms with Gasteiger partial charge in [-0.15, -0.1) is 0 Å². The van der Waals surface area contributed by atoms with Gasteiger partial charge in [0.15, 0.2) is 0 Å². The molecule has 1 fully saturated rings. The lowest BCUT2D eigenvalue weighted by Crippen LogP contribution is -2.53. The molecule has 10 nitrogen and oxygen atoms in total. The van der Waals surface area contributed by atoms with Crippen molar-refractivity contribution in [2.75, 3.05) is 6.54 Å². The number of likely N-dealkylation sites (tertiary alicyclic amines) is 1. The molecule has 1 N–H and O–H groups in total. The van der Waals surface area contributed by atoms with Crippen LogP contribution in [0.5, 0.6) is 0 Å². The number of nitrogens with one attached hydrogen (secondary N) is 1. The molecule has 3 rings (SSSR count). The van der Waals surface area contributed by atoms with Crippen LogP contribution in [0.3, 0.4) is 0 Å². The van der Waals surface area contributed by atoms with Crippen molar-refractivity contribution >= 4 is 23.6 Å².